The Morgan fingerprint density at radius 1 is 1.15 bits per heavy atom. The SMILES string of the molecule is O=C(Cc1cccs1)NC1CCc2nnc(Cc3ccccc3)n2CC1. The molecule has 0 bridgehead atoms. The highest BCUT2D eigenvalue weighted by Crippen LogP contribution is 2.18. The first-order valence-electron chi connectivity index (χ1n) is 9.04. The Morgan fingerprint density at radius 2 is 2.04 bits per heavy atom. The monoisotopic (exact) mass is 366 g/mol. The van der Waals surface area contributed by atoms with Crippen LogP contribution in [0.5, 0.6) is 0 Å². The lowest BCUT2D eigenvalue weighted by Gasteiger charge is -2.16. The number of amides is 1. The smallest absolute Gasteiger partial charge is 0.225 e. The van der Waals surface area contributed by atoms with E-state index < -0.39 is 0 Å². The van der Waals surface area contributed by atoms with E-state index in [0.717, 1.165) is 48.8 Å². The number of fused-ring (bicyclic) bond motifs is 1. The molecule has 3 aromatic rings. The molecule has 1 atom stereocenters. The van der Waals surface area contributed by atoms with Crippen LogP contribution in [0.15, 0.2) is 47.8 Å². The molecule has 0 saturated carbocycles. The molecule has 1 aliphatic heterocycles. The zero-order valence-corrected chi connectivity index (χ0v) is 15.4. The van der Waals surface area contributed by atoms with Gasteiger partial charge in [0.05, 0.1) is 6.42 Å². The van der Waals surface area contributed by atoms with Crippen molar-refractivity contribution >= 4 is 17.2 Å². The van der Waals surface area contributed by atoms with Gasteiger partial charge in [0.2, 0.25) is 5.91 Å². The van der Waals surface area contributed by atoms with Gasteiger partial charge in [-0.1, -0.05) is 36.4 Å². The van der Waals surface area contributed by atoms with Crippen LogP contribution in [0, 0.1) is 0 Å². The molecule has 0 radical (unpaired) electrons. The normalized spacial score (nSPS) is 16.7. The number of carbonyl (C=O) groups is 1. The number of nitrogens with one attached hydrogen (secondary N) is 1. The average Bonchev–Trinajstić information content (AvgIpc) is 3.24. The number of aromatic nitrogens is 3. The van der Waals surface area contributed by atoms with E-state index in [2.05, 4.69) is 32.2 Å². The van der Waals surface area contributed by atoms with Crippen LogP contribution in [-0.2, 0) is 30.6 Å². The molecule has 2 aromatic heterocycles. The third-order valence-electron chi connectivity index (χ3n) is 4.81. The number of aryl methyl sites for hydroxylation is 1. The molecule has 26 heavy (non-hydrogen) atoms. The molecule has 4 rings (SSSR count). The average molecular weight is 366 g/mol. The predicted octanol–water partition coefficient (Wildman–Crippen LogP) is 2.99. The fourth-order valence-corrected chi connectivity index (χ4v) is 4.16. The largest absolute Gasteiger partial charge is 0.353 e. The number of nitrogens with zero attached hydrogens (tertiary/aromatic N) is 3. The third kappa shape index (κ3) is 4.02. The molecule has 0 aliphatic carbocycles. The molecule has 0 fully saturated rings. The van der Waals surface area contributed by atoms with E-state index in [-0.39, 0.29) is 11.9 Å². The maximum Gasteiger partial charge on any atom is 0.225 e. The van der Waals surface area contributed by atoms with Gasteiger partial charge in [-0.05, 0) is 29.9 Å². The van der Waals surface area contributed by atoms with Crippen molar-refractivity contribution in [2.45, 2.75) is 44.7 Å². The van der Waals surface area contributed by atoms with E-state index in [1.807, 2.05) is 35.7 Å². The van der Waals surface area contributed by atoms with Crippen molar-refractivity contribution in [3.05, 3.63) is 69.9 Å². The van der Waals surface area contributed by atoms with Crippen LogP contribution in [0.4, 0.5) is 0 Å². The maximum atomic E-state index is 12.3. The summed E-state index contributed by atoms with van der Waals surface area (Å²) in [4.78, 5) is 13.4. The Hall–Kier alpha value is -2.47. The Labute approximate surface area is 157 Å². The fraction of sp³-hybridized carbons (Fsp3) is 0.350. The fourth-order valence-electron chi connectivity index (χ4n) is 3.45. The van der Waals surface area contributed by atoms with Gasteiger partial charge in [0, 0.05) is 30.3 Å². The highest BCUT2D eigenvalue weighted by Gasteiger charge is 2.21. The van der Waals surface area contributed by atoms with Gasteiger partial charge in [0.25, 0.3) is 0 Å². The van der Waals surface area contributed by atoms with Gasteiger partial charge in [-0.3, -0.25) is 4.79 Å². The molecule has 1 unspecified atom stereocenters. The highest BCUT2D eigenvalue weighted by molar-refractivity contribution is 7.10. The first-order valence-corrected chi connectivity index (χ1v) is 9.92. The first kappa shape index (κ1) is 17.0. The highest BCUT2D eigenvalue weighted by atomic mass is 32.1. The molecular formula is C20H22N4OS. The van der Waals surface area contributed by atoms with Crippen molar-refractivity contribution in [2.24, 2.45) is 0 Å². The summed E-state index contributed by atoms with van der Waals surface area (Å²) in [5.41, 5.74) is 1.24. The van der Waals surface area contributed by atoms with Crippen LogP contribution in [0.3, 0.4) is 0 Å². The number of thiophene rings is 1. The van der Waals surface area contributed by atoms with E-state index in [1.54, 1.807) is 11.3 Å². The zero-order valence-electron chi connectivity index (χ0n) is 14.6. The summed E-state index contributed by atoms with van der Waals surface area (Å²) in [5, 5.41) is 14.0. The van der Waals surface area contributed by atoms with Crippen molar-refractivity contribution in [2.75, 3.05) is 0 Å². The third-order valence-corrected chi connectivity index (χ3v) is 5.68. The number of carbonyl (C=O) groups excluding carboxylic acids is 1. The second kappa shape index (κ2) is 7.83. The standard InChI is InChI=1S/C20H22N4OS/c25-20(14-17-7-4-12-26-17)21-16-8-9-18-22-23-19(24(18)11-10-16)13-15-5-2-1-3-6-15/h1-7,12,16H,8-11,13-14H2,(H,21,25). The summed E-state index contributed by atoms with van der Waals surface area (Å²) in [5.74, 6) is 2.15. The van der Waals surface area contributed by atoms with Crippen LogP contribution in [0.2, 0.25) is 0 Å². The van der Waals surface area contributed by atoms with Gasteiger partial charge in [-0.25, -0.2) is 0 Å². The van der Waals surface area contributed by atoms with Gasteiger partial charge >= 0.3 is 0 Å². The van der Waals surface area contributed by atoms with E-state index in [1.165, 1.54) is 5.56 Å². The Morgan fingerprint density at radius 3 is 2.85 bits per heavy atom. The second-order valence-corrected chi connectivity index (χ2v) is 7.73. The van der Waals surface area contributed by atoms with Crippen LogP contribution in [0.1, 0.15) is 34.9 Å². The molecule has 1 N–H and O–H groups in total. The molecular weight excluding hydrogens is 344 g/mol. The summed E-state index contributed by atoms with van der Waals surface area (Å²) >= 11 is 1.63. The number of benzene rings is 1. The molecule has 1 amide bonds. The van der Waals surface area contributed by atoms with Crippen molar-refractivity contribution in [3.8, 4) is 0 Å². The minimum absolute atomic E-state index is 0.111. The van der Waals surface area contributed by atoms with Crippen LogP contribution < -0.4 is 5.32 Å². The summed E-state index contributed by atoms with van der Waals surface area (Å²) in [7, 11) is 0. The van der Waals surface area contributed by atoms with E-state index in [9.17, 15) is 4.79 Å². The number of hydrogen-bond donors (Lipinski definition) is 1. The minimum atomic E-state index is 0.111. The Bertz CT molecular complexity index is 857. The summed E-state index contributed by atoms with van der Waals surface area (Å²) in [6.45, 7) is 0.856. The molecule has 134 valence electrons. The summed E-state index contributed by atoms with van der Waals surface area (Å²) < 4.78 is 2.23. The van der Waals surface area contributed by atoms with Gasteiger partial charge < -0.3 is 9.88 Å². The summed E-state index contributed by atoms with van der Waals surface area (Å²) in [6, 6.07) is 14.6. The van der Waals surface area contributed by atoms with Gasteiger partial charge in [0.15, 0.2) is 0 Å². The first-order chi connectivity index (χ1) is 12.8. The van der Waals surface area contributed by atoms with Crippen LogP contribution in [-0.4, -0.2) is 26.7 Å². The minimum Gasteiger partial charge on any atom is -0.353 e. The molecule has 0 saturated heterocycles. The summed E-state index contributed by atoms with van der Waals surface area (Å²) in [6.07, 6.45) is 3.96. The Kier molecular flexibility index (Phi) is 5.11. The Balaban J connectivity index is 1.37. The van der Waals surface area contributed by atoms with Gasteiger partial charge in [0.1, 0.15) is 11.6 Å². The van der Waals surface area contributed by atoms with E-state index >= 15 is 0 Å². The molecule has 0 spiro atoms. The second-order valence-electron chi connectivity index (χ2n) is 6.69. The number of hydrogen-bond acceptors (Lipinski definition) is 4. The van der Waals surface area contributed by atoms with Crippen LogP contribution >= 0.6 is 11.3 Å². The van der Waals surface area contributed by atoms with Crippen molar-refractivity contribution < 1.29 is 4.79 Å². The van der Waals surface area contributed by atoms with Gasteiger partial charge in [-0.2, -0.15) is 0 Å². The van der Waals surface area contributed by atoms with Crippen molar-refractivity contribution in [1.82, 2.24) is 20.1 Å². The lowest BCUT2D eigenvalue weighted by Crippen LogP contribution is -2.36. The van der Waals surface area contributed by atoms with Gasteiger partial charge in [-0.15, -0.1) is 21.5 Å². The molecule has 3 heterocycles. The van der Waals surface area contributed by atoms with Crippen molar-refractivity contribution in [3.63, 3.8) is 0 Å². The van der Waals surface area contributed by atoms with E-state index in [4.69, 9.17) is 0 Å². The molecule has 5 nitrogen and oxygen atoms in total. The molecule has 6 heteroatoms. The lowest BCUT2D eigenvalue weighted by atomic mass is 10.1. The topological polar surface area (TPSA) is 59.8 Å². The molecule has 1 aliphatic rings. The quantitative estimate of drug-likeness (QED) is 0.755. The predicted molar refractivity (Wildman–Crippen MR) is 102 cm³/mol. The number of rotatable bonds is 5. The zero-order chi connectivity index (χ0) is 17.8. The maximum absolute atomic E-state index is 12.3. The van der Waals surface area contributed by atoms with Crippen LogP contribution in [0.25, 0.3) is 0 Å². The lowest BCUT2D eigenvalue weighted by molar-refractivity contribution is -0.121. The van der Waals surface area contributed by atoms with Crippen molar-refractivity contribution in [1.29, 1.82) is 0 Å². The van der Waals surface area contributed by atoms with E-state index in [0.29, 0.717) is 6.42 Å². The molecule has 1 aromatic carbocycles.